The summed E-state index contributed by atoms with van der Waals surface area (Å²) in [5.74, 6) is 1.07. The molecule has 0 fully saturated rings. The first-order valence-corrected chi connectivity index (χ1v) is 9.58. The largest absolute Gasteiger partial charge is 0.372 e. The average molecular weight is 329 g/mol. The van der Waals surface area contributed by atoms with Gasteiger partial charge in [0.25, 0.3) is 0 Å². The molecule has 0 bridgehead atoms. The Morgan fingerprint density at radius 3 is 2.71 bits per heavy atom. The summed E-state index contributed by atoms with van der Waals surface area (Å²) < 4.78 is 0. The SMILES string of the molecule is CNC1CC2CCC=C[C@]2(C)C2=C1[C@@H]1C=CC(O)(NC)[C@@]1(C)CC2. The van der Waals surface area contributed by atoms with E-state index in [9.17, 15) is 5.11 Å². The second-order valence-corrected chi connectivity index (χ2v) is 8.74. The van der Waals surface area contributed by atoms with Crippen LogP contribution in [0.1, 0.15) is 46.0 Å². The van der Waals surface area contributed by atoms with Crippen LogP contribution in [-0.4, -0.2) is 31.0 Å². The smallest absolute Gasteiger partial charge is 0.141 e. The van der Waals surface area contributed by atoms with Gasteiger partial charge in [-0.15, -0.1) is 0 Å². The highest BCUT2D eigenvalue weighted by Crippen LogP contribution is 2.62. The Kier molecular flexibility index (Phi) is 3.66. The highest BCUT2D eigenvalue weighted by molar-refractivity contribution is 5.45. The van der Waals surface area contributed by atoms with E-state index in [0.717, 1.165) is 18.8 Å². The average Bonchev–Trinajstić information content (AvgIpc) is 2.86. The molecule has 0 aliphatic heterocycles. The van der Waals surface area contributed by atoms with E-state index < -0.39 is 5.72 Å². The van der Waals surface area contributed by atoms with Gasteiger partial charge < -0.3 is 10.4 Å². The predicted octanol–water partition coefficient (Wildman–Crippen LogP) is 3.14. The van der Waals surface area contributed by atoms with E-state index in [1.54, 1.807) is 11.1 Å². The molecule has 4 aliphatic rings. The molecule has 0 saturated heterocycles. The fourth-order valence-electron chi connectivity index (χ4n) is 6.22. The molecular weight excluding hydrogens is 296 g/mol. The molecule has 0 aromatic rings. The lowest BCUT2D eigenvalue weighted by Crippen LogP contribution is -2.58. The molecular formula is C21H32N2O. The molecule has 0 saturated carbocycles. The van der Waals surface area contributed by atoms with E-state index in [4.69, 9.17) is 0 Å². The Hall–Kier alpha value is -0.900. The van der Waals surface area contributed by atoms with Crippen molar-refractivity contribution in [2.75, 3.05) is 14.1 Å². The van der Waals surface area contributed by atoms with Gasteiger partial charge in [0.05, 0.1) is 0 Å². The van der Waals surface area contributed by atoms with Crippen molar-refractivity contribution < 1.29 is 5.11 Å². The van der Waals surface area contributed by atoms with Gasteiger partial charge in [0.15, 0.2) is 0 Å². The minimum absolute atomic E-state index is 0.155. The molecule has 132 valence electrons. The molecule has 6 atom stereocenters. The Morgan fingerprint density at radius 1 is 1.21 bits per heavy atom. The summed E-state index contributed by atoms with van der Waals surface area (Å²) in [4.78, 5) is 0. The van der Waals surface area contributed by atoms with Crippen molar-refractivity contribution in [2.24, 2.45) is 22.7 Å². The van der Waals surface area contributed by atoms with Gasteiger partial charge in [0.1, 0.15) is 5.72 Å². The number of fused-ring (bicyclic) bond motifs is 4. The number of rotatable bonds is 2. The standard InChI is InChI=1S/C21H32N2O/c1-19-10-6-5-7-14(19)13-17(22-3)18-15(19)8-11-20(2)16(18)9-12-21(20,24)23-4/h6,9-10,12,14,16-17,22-24H,5,7-8,11,13H2,1-4H3/t14?,16-,17?,19-,20-,21?/m0/s1. The lowest BCUT2D eigenvalue weighted by molar-refractivity contribution is -0.0720. The summed E-state index contributed by atoms with van der Waals surface area (Å²) in [5, 5.41) is 17.9. The zero-order valence-corrected chi connectivity index (χ0v) is 15.5. The first-order valence-electron chi connectivity index (χ1n) is 9.58. The van der Waals surface area contributed by atoms with E-state index >= 15 is 0 Å². The molecule has 4 aliphatic carbocycles. The van der Waals surface area contributed by atoms with Crippen LogP contribution in [0.25, 0.3) is 0 Å². The zero-order valence-electron chi connectivity index (χ0n) is 15.5. The maximum absolute atomic E-state index is 11.1. The van der Waals surface area contributed by atoms with Gasteiger partial charge in [-0.1, -0.05) is 37.6 Å². The van der Waals surface area contributed by atoms with Crippen molar-refractivity contribution in [1.82, 2.24) is 10.6 Å². The van der Waals surface area contributed by atoms with Crippen LogP contribution in [-0.2, 0) is 0 Å². The number of hydrogen-bond donors (Lipinski definition) is 3. The monoisotopic (exact) mass is 328 g/mol. The predicted molar refractivity (Wildman–Crippen MR) is 98.4 cm³/mol. The molecule has 3 unspecified atom stereocenters. The summed E-state index contributed by atoms with van der Waals surface area (Å²) >= 11 is 0. The number of aliphatic hydroxyl groups is 1. The Balaban J connectivity index is 1.86. The van der Waals surface area contributed by atoms with Gasteiger partial charge in [0.2, 0.25) is 0 Å². The molecule has 0 aromatic heterocycles. The summed E-state index contributed by atoms with van der Waals surface area (Å²) in [5.41, 5.74) is 2.39. The maximum Gasteiger partial charge on any atom is 0.141 e. The van der Waals surface area contributed by atoms with Gasteiger partial charge in [-0.2, -0.15) is 0 Å². The van der Waals surface area contributed by atoms with Crippen molar-refractivity contribution in [3.63, 3.8) is 0 Å². The van der Waals surface area contributed by atoms with Crippen LogP contribution in [0.5, 0.6) is 0 Å². The first-order chi connectivity index (χ1) is 11.4. The third-order valence-electron chi connectivity index (χ3n) is 7.93. The lowest BCUT2D eigenvalue weighted by atomic mass is 9.51. The number of hydrogen-bond acceptors (Lipinski definition) is 3. The second-order valence-electron chi connectivity index (χ2n) is 8.74. The summed E-state index contributed by atoms with van der Waals surface area (Å²) in [6, 6.07) is 0.443. The van der Waals surface area contributed by atoms with Crippen LogP contribution < -0.4 is 10.6 Å². The molecule has 24 heavy (non-hydrogen) atoms. The molecule has 0 spiro atoms. The molecule has 3 heteroatoms. The molecule has 3 nitrogen and oxygen atoms in total. The van der Waals surface area contributed by atoms with Gasteiger partial charge in [0, 0.05) is 22.8 Å². The lowest BCUT2D eigenvalue weighted by Gasteiger charge is -2.55. The van der Waals surface area contributed by atoms with E-state index in [-0.39, 0.29) is 10.8 Å². The molecule has 0 aromatic carbocycles. The third-order valence-corrected chi connectivity index (χ3v) is 7.93. The minimum Gasteiger partial charge on any atom is -0.372 e. The number of allylic oxidation sites excluding steroid dienone is 4. The zero-order chi connectivity index (χ0) is 17.2. The van der Waals surface area contributed by atoms with Gasteiger partial charge in [-0.25, -0.2) is 0 Å². The van der Waals surface area contributed by atoms with E-state index in [1.807, 2.05) is 13.1 Å². The van der Waals surface area contributed by atoms with Crippen LogP contribution in [0, 0.1) is 22.7 Å². The molecule has 4 rings (SSSR count). The van der Waals surface area contributed by atoms with Crippen molar-refractivity contribution in [1.29, 1.82) is 0 Å². The summed E-state index contributed by atoms with van der Waals surface area (Å²) in [6.07, 6.45) is 15.0. The summed E-state index contributed by atoms with van der Waals surface area (Å²) in [6.45, 7) is 4.72. The minimum atomic E-state index is -0.894. The Morgan fingerprint density at radius 2 is 2.00 bits per heavy atom. The van der Waals surface area contributed by atoms with E-state index in [2.05, 4.69) is 49.8 Å². The highest BCUT2D eigenvalue weighted by Gasteiger charge is 2.59. The van der Waals surface area contributed by atoms with Crippen LogP contribution >= 0.6 is 0 Å². The number of nitrogens with one attached hydrogen (secondary N) is 2. The molecule has 0 radical (unpaired) electrons. The van der Waals surface area contributed by atoms with Crippen molar-refractivity contribution in [3.05, 3.63) is 35.5 Å². The van der Waals surface area contributed by atoms with Gasteiger partial charge in [-0.05, 0) is 63.8 Å². The van der Waals surface area contributed by atoms with Crippen molar-refractivity contribution in [3.8, 4) is 0 Å². The quantitative estimate of drug-likeness (QED) is 0.539. The van der Waals surface area contributed by atoms with Crippen molar-refractivity contribution in [2.45, 2.75) is 57.7 Å². The van der Waals surface area contributed by atoms with Crippen LogP contribution in [0.3, 0.4) is 0 Å². The topological polar surface area (TPSA) is 44.3 Å². The summed E-state index contributed by atoms with van der Waals surface area (Å²) in [7, 11) is 3.98. The normalized spacial score (nSPS) is 49.8. The molecule has 0 amide bonds. The van der Waals surface area contributed by atoms with Crippen LogP contribution in [0.15, 0.2) is 35.5 Å². The fourth-order valence-corrected chi connectivity index (χ4v) is 6.22. The molecule has 3 N–H and O–H groups in total. The van der Waals surface area contributed by atoms with Crippen LogP contribution in [0.2, 0.25) is 0 Å². The highest BCUT2D eigenvalue weighted by atomic mass is 16.3. The Labute approximate surface area is 146 Å². The Bertz CT molecular complexity index is 636. The molecule has 0 heterocycles. The maximum atomic E-state index is 11.1. The second kappa shape index (κ2) is 5.30. The first kappa shape index (κ1) is 16.6. The number of likely N-dealkylation sites (N-methyl/N-ethyl adjacent to an activating group) is 2. The van der Waals surface area contributed by atoms with Crippen molar-refractivity contribution >= 4 is 0 Å². The third kappa shape index (κ3) is 1.89. The van der Waals surface area contributed by atoms with E-state index in [0.29, 0.717) is 12.0 Å². The fraction of sp³-hybridized carbons (Fsp3) is 0.714. The van der Waals surface area contributed by atoms with Gasteiger partial charge in [-0.3, -0.25) is 5.32 Å². The van der Waals surface area contributed by atoms with Gasteiger partial charge >= 0.3 is 0 Å². The van der Waals surface area contributed by atoms with Crippen LogP contribution in [0.4, 0.5) is 0 Å². The van der Waals surface area contributed by atoms with E-state index in [1.165, 1.54) is 19.3 Å².